The number of fused-ring (bicyclic) bond motifs is 1. The second-order valence-electron chi connectivity index (χ2n) is 10.3. The monoisotopic (exact) mass is 533 g/mol. The molecule has 5 rings (SSSR count). The van der Waals surface area contributed by atoms with Crippen LogP contribution < -0.4 is 14.2 Å². The smallest absolute Gasteiger partial charge is 0.295 e. The molecule has 1 atom stereocenters. The number of nitrogens with zero attached hydrogens (tertiary/aromatic N) is 1. The molecule has 0 saturated carbocycles. The van der Waals surface area contributed by atoms with Crippen LogP contribution in [0.25, 0.3) is 5.76 Å². The van der Waals surface area contributed by atoms with Crippen LogP contribution in [0.3, 0.4) is 0 Å². The second-order valence-corrected chi connectivity index (χ2v) is 10.7. The maximum atomic E-state index is 13.4. The van der Waals surface area contributed by atoms with Crippen molar-refractivity contribution in [1.29, 1.82) is 0 Å². The van der Waals surface area contributed by atoms with Gasteiger partial charge in [-0.3, -0.25) is 9.59 Å². The molecule has 1 unspecified atom stereocenters. The lowest BCUT2D eigenvalue weighted by molar-refractivity contribution is -0.140. The molecule has 1 fully saturated rings. The summed E-state index contributed by atoms with van der Waals surface area (Å²) in [5.41, 5.74) is 2.83. The number of carbonyl (C=O) groups excluding carboxylic acids is 2. The molecule has 1 N–H and O–H groups in total. The van der Waals surface area contributed by atoms with E-state index in [1.165, 1.54) is 12.0 Å². The maximum Gasteiger partial charge on any atom is 0.295 e. The van der Waals surface area contributed by atoms with Crippen LogP contribution in [0.1, 0.15) is 49.1 Å². The second kappa shape index (κ2) is 9.72. The largest absolute Gasteiger partial charge is 0.507 e. The van der Waals surface area contributed by atoms with Gasteiger partial charge in [0.15, 0.2) is 11.5 Å². The fourth-order valence-electron chi connectivity index (χ4n) is 4.75. The van der Waals surface area contributed by atoms with Gasteiger partial charge in [0.1, 0.15) is 11.5 Å². The van der Waals surface area contributed by atoms with Crippen molar-refractivity contribution in [2.45, 2.75) is 38.8 Å². The topological polar surface area (TPSA) is 85.3 Å². The molecule has 0 aliphatic carbocycles. The van der Waals surface area contributed by atoms with Gasteiger partial charge in [0.25, 0.3) is 11.7 Å². The number of methoxy groups -OCH3 is 1. The zero-order valence-electron chi connectivity index (χ0n) is 21.6. The predicted octanol–water partition coefficient (Wildman–Crippen LogP) is 6.00. The van der Waals surface area contributed by atoms with Gasteiger partial charge in [0.2, 0.25) is 6.79 Å². The summed E-state index contributed by atoms with van der Waals surface area (Å²) in [5, 5.41) is 11.8. The van der Waals surface area contributed by atoms with Crippen molar-refractivity contribution < 1.29 is 28.9 Å². The van der Waals surface area contributed by atoms with E-state index in [1.54, 1.807) is 30.3 Å². The van der Waals surface area contributed by atoms with Gasteiger partial charge < -0.3 is 24.2 Å². The van der Waals surface area contributed by atoms with E-state index in [0.717, 1.165) is 11.1 Å². The average molecular weight is 534 g/mol. The Balaban J connectivity index is 1.62. The number of likely N-dealkylation sites (tertiary alicyclic amines) is 1. The van der Waals surface area contributed by atoms with Crippen molar-refractivity contribution in [2.24, 2.45) is 0 Å². The number of ketones is 1. The highest BCUT2D eigenvalue weighted by molar-refractivity contribution is 6.46. The van der Waals surface area contributed by atoms with E-state index in [9.17, 15) is 14.7 Å². The lowest BCUT2D eigenvalue weighted by Gasteiger charge is -2.26. The molecule has 196 valence electrons. The first-order valence-corrected chi connectivity index (χ1v) is 12.6. The van der Waals surface area contributed by atoms with E-state index in [4.69, 9.17) is 25.8 Å². The van der Waals surface area contributed by atoms with Crippen LogP contribution in [-0.2, 0) is 21.5 Å². The number of halogens is 1. The molecule has 0 bridgehead atoms. The van der Waals surface area contributed by atoms with Gasteiger partial charge in [-0.25, -0.2) is 0 Å². The van der Waals surface area contributed by atoms with Crippen molar-refractivity contribution in [1.82, 2.24) is 4.90 Å². The number of ether oxygens (including phenoxy) is 3. The average Bonchev–Trinajstić information content (AvgIpc) is 3.46. The van der Waals surface area contributed by atoms with E-state index in [1.807, 2.05) is 30.3 Å². The Bertz CT molecular complexity index is 1450. The summed E-state index contributed by atoms with van der Waals surface area (Å²) in [6, 6.07) is 17.1. The van der Waals surface area contributed by atoms with Crippen molar-refractivity contribution >= 4 is 29.1 Å². The summed E-state index contributed by atoms with van der Waals surface area (Å²) < 4.78 is 16.2. The fraction of sp³-hybridized carbons (Fsp3) is 0.267. The minimum absolute atomic E-state index is 0.00336. The lowest BCUT2D eigenvalue weighted by atomic mass is 9.85. The minimum atomic E-state index is -0.809. The normalized spacial score (nSPS) is 18.2. The molecule has 1 amide bonds. The van der Waals surface area contributed by atoms with Crippen molar-refractivity contribution in [3.8, 4) is 17.2 Å². The summed E-state index contributed by atoms with van der Waals surface area (Å²) in [4.78, 5) is 28.3. The molecular formula is C30H28ClNO6. The number of hydrogen-bond acceptors (Lipinski definition) is 6. The molecule has 0 aromatic heterocycles. The highest BCUT2D eigenvalue weighted by Gasteiger charge is 2.46. The molecule has 0 spiro atoms. The first-order valence-electron chi connectivity index (χ1n) is 12.2. The Morgan fingerprint density at radius 3 is 2.42 bits per heavy atom. The Morgan fingerprint density at radius 2 is 1.74 bits per heavy atom. The molecule has 2 aliphatic rings. The van der Waals surface area contributed by atoms with Crippen molar-refractivity contribution in [2.75, 3.05) is 13.9 Å². The van der Waals surface area contributed by atoms with Gasteiger partial charge in [-0.2, -0.15) is 0 Å². The van der Waals surface area contributed by atoms with E-state index in [2.05, 4.69) is 20.8 Å². The molecular weight excluding hydrogens is 506 g/mol. The van der Waals surface area contributed by atoms with Gasteiger partial charge >= 0.3 is 0 Å². The quantitative estimate of drug-likeness (QED) is 0.246. The fourth-order valence-corrected chi connectivity index (χ4v) is 4.95. The third-order valence-corrected chi connectivity index (χ3v) is 7.16. The highest BCUT2D eigenvalue weighted by Crippen LogP contribution is 2.42. The summed E-state index contributed by atoms with van der Waals surface area (Å²) in [5.74, 6) is -0.204. The summed E-state index contributed by atoms with van der Waals surface area (Å²) >= 11 is 6.17. The lowest BCUT2D eigenvalue weighted by Crippen LogP contribution is -2.29. The number of benzene rings is 3. The molecule has 3 aromatic rings. The molecule has 2 heterocycles. The van der Waals surface area contributed by atoms with Crippen LogP contribution in [0, 0.1) is 0 Å². The van der Waals surface area contributed by atoms with Gasteiger partial charge in [-0.1, -0.05) is 62.7 Å². The summed E-state index contributed by atoms with van der Waals surface area (Å²) in [6.45, 7) is 6.60. The number of aliphatic hydroxyl groups excluding tert-OH is 1. The number of carbonyl (C=O) groups is 2. The van der Waals surface area contributed by atoms with E-state index >= 15 is 0 Å². The molecule has 8 heteroatoms. The molecule has 0 radical (unpaired) electrons. The summed E-state index contributed by atoms with van der Waals surface area (Å²) in [7, 11) is 1.46. The number of hydrogen-bond donors (Lipinski definition) is 1. The zero-order valence-corrected chi connectivity index (χ0v) is 22.3. The molecule has 1 saturated heterocycles. The first kappa shape index (κ1) is 25.7. The minimum Gasteiger partial charge on any atom is -0.507 e. The standard InChI is InChI=1S/C30H28ClNO6/c1-30(2,3)20-9-6-18(7-10-20)26-25(27(33)19-8-11-21(31)23(14-19)36-4)28(34)29(35)32(26)15-17-5-12-22-24(13-17)38-16-37-22/h5-14,26,33H,15-16H2,1-4H3/b27-25+. The number of rotatable bonds is 5. The molecule has 2 aliphatic heterocycles. The predicted molar refractivity (Wildman–Crippen MR) is 144 cm³/mol. The highest BCUT2D eigenvalue weighted by atomic mass is 35.5. The molecule has 7 nitrogen and oxygen atoms in total. The van der Waals surface area contributed by atoms with Gasteiger partial charge in [0.05, 0.1) is 23.7 Å². The van der Waals surface area contributed by atoms with E-state index < -0.39 is 17.7 Å². The van der Waals surface area contributed by atoms with Crippen molar-refractivity contribution in [3.05, 3.63) is 93.5 Å². The van der Waals surface area contributed by atoms with Gasteiger partial charge in [-0.05, 0) is 52.4 Å². The van der Waals surface area contributed by atoms with E-state index in [0.29, 0.717) is 33.4 Å². The van der Waals surface area contributed by atoms with Crippen LogP contribution in [-0.4, -0.2) is 35.6 Å². The number of Topliss-reactive ketones (excluding diaryl/α,β-unsaturated/α-hetero) is 1. The van der Waals surface area contributed by atoms with Crippen LogP contribution >= 0.6 is 11.6 Å². The third-order valence-electron chi connectivity index (χ3n) is 6.85. The number of aliphatic hydroxyl groups is 1. The molecule has 38 heavy (non-hydrogen) atoms. The van der Waals surface area contributed by atoms with Crippen LogP contribution in [0.15, 0.2) is 66.2 Å². The zero-order chi connectivity index (χ0) is 27.2. The molecule has 3 aromatic carbocycles. The number of amides is 1. The first-order chi connectivity index (χ1) is 18.1. The Kier molecular flexibility index (Phi) is 6.57. The van der Waals surface area contributed by atoms with Crippen LogP contribution in [0.5, 0.6) is 17.2 Å². The van der Waals surface area contributed by atoms with Gasteiger partial charge in [-0.15, -0.1) is 0 Å². The van der Waals surface area contributed by atoms with Crippen molar-refractivity contribution in [3.63, 3.8) is 0 Å². The summed E-state index contributed by atoms with van der Waals surface area (Å²) in [6.07, 6.45) is 0. The Hall–Kier alpha value is -3.97. The maximum absolute atomic E-state index is 13.4. The van der Waals surface area contributed by atoms with Crippen LogP contribution in [0.2, 0.25) is 5.02 Å². The third kappa shape index (κ3) is 4.58. The Morgan fingerprint density at radius 1 is 1.03 bits per heavy atom. The van der Waals surface area contributed by atoms with Gasteiger partial charge in [0, 0.05) is 12.1 Å². The SMILES string of the molecule is COc1cc(/C(O)=C2\C(=O)C(=O)N(Cc3ccc4c(c3)OCO4)C2c2ccc(C(C)(C)C)cc2)ccc1Cl. The Labute approximate surface area is 226 Å². The van der Waals surface area contributed by atoms with E-state index in [-0.39, 0.29) is 30.1 Å². The van der Waals surface area contributed by atoms with Crippen LogP contribution in [0.4, 0.5) is 0 Å².